The molecule has 38 heavy (non-hydrogen) atoms. The van der Waals surface area contributed by atoms with Gasteiger partial charge in [-0.1, -0.05) is 37.1 Å². The van der Waals surface area contributed by atoms with E-state index in [0.29, 0.717) is 12.3 Å². The van der Waals surface area contributed by atoms with Gasteiger partial charge in [0.05, 0.1) is 14.2 Å². The van der Waals surface area contributed by atoms with E-state index in [1.807, 2.05) is 42.5 Å². The van der Waals surface area contributed by atoms with Crippen LogP contribution in [0.15, 0.2) is 42.5 Å². The zero-order chi connectivity index (χ0) is 26.6. The van der Waals surface area contributed by atoms with Crippen molar-refractivity contribution in [3.63, 3.8) is 0 Å². The first-order valence-electron chi connectivity index (χ1n) is 13.9. The molecule has 0 atom stereocenters. The summed E-state index contributed by atoms with van der Waals surface area (Å²) < 4.78 is 21.5. The van der Waals surface area contributed by atoms with E-state index < -0.39 is 0 Å². The normalized spacial score (nSPS) is 14.8. The number of rotatable bonds is 15. The summed E-state index contributed by atoms with van der Waals surface area (Å²) in [6, 6.07) is 12.0. The summed E-state index contributed by atoms with van der Waals surface area (Å²) in [7, 11) is 3.32. The number of fused-ring (bicyclic) bond motifs is 1. The largest absolute Gasteiger partial charge is 0.493 e. The molecule has 4 rings (SSSR count). The Morgan fingerprint density at radius 3 is 2.61 bits per heavy atom. The number of carbonyl (C=O) groups is 1. The van der Waals surface area contributed by atoms with Gasteiger partial charge in [-0.05, 0) is 86.5 Å². The molecule has 0 aromatic heterocycles. The molecule has 1 N–H and O–H groups in total. The fourth-order valence-corrected chi connectivity index (χ4v) is 5.24. The Bertz CT molecular complexity index is 1060. The molecule has 0 radical (unpaired) electrons. The number of nitrogens with one attached hydrogen (secondary N) is 1. The zero-order valence-corrected chi connectivity index (χ0v) is 22.9. The van der Waals surface area contributed by atoms with Gasteiger partial charge in [-0.15, -0.1) is 0 Å². The Morgan fingerprint density at radius 1 is 1.00 bits per heavy atom. The molecule has 0 saturated heterocycles. The number of hydrogen-bond donors (Lipinski definition) is 1. The van der Waals surface area contributed by atoms with Gasteiger partial charge >= 0.3 is 0 Å². The quantitative estimate of drug-likeness (QED) is 0.313. The van der Waals surface area contributed by atoms with E-state index in [2.05, 4.69) is 16.3 Å². The molecular formula is C31H42N2O5. The highest BCUT2D eigenvalue weighted by Crippen LogP contribution is 2.33. The van der Waals surface area contributed by atoms with E-state index in [0.717, 1.165) is 74.0 Å². The summed E-state index contributed by atoms with van der Waals surface area (Å²) in [6.45, 7) is 3.81. The number of carbonyl (C=O) groups excluding carboxylic acids is 1. The molecule has 0 unspecified atom stereocenters. The number of aryl methyl sites for hydroxylation is 1. The monoisotopic (exact) mass is 522 g/mol. The first-order valence-corrected chi connectivity index (χ1v) is 13.9. The molecule has 7 heteroatoms. The Morgan fingerprint density at radius 2 is 1.79 bits per heavy atom. The minimum Gasteiger partial charge on any atom is -0.493 e. The summed E-state index contributed by atoms with van der Waals surface area (Å²) in [6.07, 6.45) is 12.4. The number of benzene rings is 2. The summed E-state index contributed by atoms with van der Waals surface area (Å²) >= 11 is 0. The van der Waals surface area contributed by atoms with Gasteiger partial charge in [0.25, 0.3) is 0 Å². The third kappa shape index (κ3) is 8.15. The van der Waals surface area contributed by atoms with Crippen LogP contribution in [-0.4, -0.2) is 58.0 Å². The minimum atomic E-state index is 0.211. The first kappa shape index (κ1) is 27.8. The molecular weight excluding hydrogens is 480 g/mol. The van der Waals surface area contributed by atoms with Gasteiger partial charge in [-0.3, -0.25) is 4.79 Å². The lowest BCUT2D eigenvalue weighted by Gasteiger charge is -2.25. The molecule has 2 aromatic carbocycles. The second-order valence-electron chi connectivity index (χ2n) is 10.1. The van der Waals surface area contributed by atoms with Crippen LogP contribution in [0.1, 0.15) is 56.1 Å². The predicted molar refractivity (Wildman–Crippen MR) is 150 cm³/mol. The zero-order valence-electron chi connectivity index (χ0n) is 22.9. The van der Waals surface area contributed by atoms with Gasteiger partial charge in [0.2, 0.25) is 12.7 Å². The van der Waals surface area contributed by atoms with Crippen molar-refractivity contribution < 1.29 is 23.7 Å². The third-order valence-electron chi connectivity index (χ3n) is 7.35. The molecule has 0 spiro atoms. The second kappa shape index (κ2) is 14.7. The van der Waals surface area contributed by atoms with E-state index in [9.17, 15) is 4.79 Å². The fraction of sp³-hybridized carbons (Fsp3) is 0.516. The summed E-state index contributed by atoms with van der Waals surface area (Å²) in [5.74, 6) is 3.92. The summed E-state index contributed by atoms with van der Waals surface area (Å²) in [5.41, 5.74) is 2.26. The maximum Gasteiger partial charge on any atom is 0.231 e. The standard InChI is InChI=1S/C31H42N2O5/c1-35-27-15-13-25(20-29(27)36-2)11-6-17-32-18-7-19-33(22-26-8-3-4-9-26)31(34)12-5-10-24-14-16-28-30(21-24)38-23-37-28/h5,10,13-16,20-21,26,32H,3-4,6-9,11-12,17-19,22-23H2,1-2H3/b10-5+. The molecule has 7 nitrogen and oxygen atoms in total. The van der Waals surface area contributed by atoms with Crippen LogP contribution < -0.4 is 24.3 Å². The average Bonchev–Trinajstić information content (AvgIpc) is 3.63. The predicted octanol–water partition coefficient (Wildman–Crippen LogP) is 5.47. The Kier molecular flexibility index (Phi) is 10.7. The van der Waals surface area contributed by atoms with Crippen LogP contribution in [-0.2, 0) is 11.2 Å². The van der Waals surface area contributed by atoms with Crippen molar-refractivity contribution in [3.8, 4) is 23.0 Å². The van der Waals surface area contributed by atoms with E-state index in [1.54, 1.807) is 14.2 Å². The smallest absolute Gasteiger partial charge is 0.231 e. The lowest BCUT2D eigenvalue weighted by Crippen LogP contribution is -2.36. The van der Waals surface area contributed by atoms with Gasteiger partial charge in [-0.25, -0.2) is 0 Å². The van der Waals surface area contributed by atoms with E-state index in [1.165, 1.54) is 31.2 Å². The summed E-state index contributed by atoms with van der Waals surface area (Å²) in [4.78, 5) is 15.2. The van der Waals surface area contributed by atoms with Crippen LogP contribution in [0.3, 0.4) is 0 Å². The van der Waals surface area contributed by atoms with Crippen molar-refractivity contribution in [2.45, 2.75) is 51.4 Å². The van der Waals surface area contributed by atoms with Crippen molar-refractivity contribution in [3.05, 3.63) is 53.6 Å². The Hall–Kier alpha value is -3.19. The van der Waals surface area contributed by atoms with Crippen LogP contribution in [0.2, 0.25) is 0 Å². The number of methoxy groups -OCH3 is 2. The van der Waals surface area contributed by atoms with Crippen LogP contribution in [0.5, 0.6) is 23.0 Å². The molecule has 2 aliphatic rings. The van der Waals surface area contributed by atoms with Crippen molar-refractivity contribution >= 4 is 12.0 Å². The third-order valence-corrected chi connectivity index (χ3v) is 7.35. The van der Waals surface area contributed by atoms with E-state index in [4.69, 9.17) is 18.9 Å². The summed E-state index contributed by atoms with van der Waals surface area (Å²) in [5, 5.41) is 3.55. The van der Waals surface area contributed by atoms with Crippen molar-refractivity contribution in [1.29, 1.82) is 0 Å². The highest BCUT2D eigenvalue weighted by molar-refractivity contribution is 5.78. The highest BCUT2D eigenvalue weighted by Gasteiger charge is 2.21. The molecule has 1 amide bonds. The molecule has 206 valence electrons. The molecule has 0 bridgehead atoms. The minimum absolute atomic E-state index is 0.211. The molecule has 2 aromatic rings. The van der Waals surface area contributed by atoms with E-state index >= 15 is 0 Å². The molecule has 1 aliphatic heterocycles. The first-order chi connectivity index (χ1) is 18.7. The van der Waals surface area contributed by atoms with Crippen molar-refractivity contribution in [2.75, 3.05) is 47.2 Å². The van der Waals surface area contributed by atoms with E-state index in [-0.39, 0.29) is 12.7 Å². The van der Waals surface area contributed by atoms with Crippen LogP contribution in [0, 0.1) is 5.92 Å². The van der Waals surface area contributed by atoms with Crippen molar-refractivity contribution in [1.82, 2.24) is 10.2 Å². The molecule has 1 heterocycles. The topological polar surface area (TPSA) is 69.3 Å². The lowest BCUT2D eigenvalue weighted by atomic mass is 10.1. The van der Waals surface area contributed by atoms with Gasteiger partial charge in [0.1, 0.15) is 0 Å². The number of hydrogen-bond acceptors (Lipinski definition) is 6. The SMILES string of the molecule is COc1ccc(CCCNCCCN(CC2CCCC2)C(=O)C/C=C/c2ccc3c(c2)OCO3)cc1OC. The Labute approximate surface area is 227 Å². The van der Waals surface area contributed by atoms with Crippen molar-refractivity contribution in [2.24, 2.45) is 5.92 Å². The second-order valence-corrected chi connectivity index (χ2v) is 10.1. The average molecular weight is 523 g/mol. The number of ether oxygens (including phenoxy) is 4. The molecule has 1 saturated carbocycles. The fourth-order valence-electron chi connectivity index (χ4n) is 5.24. The van der Waals surface area contributed by atoms with Gasteiger partial charge in [0, 0.05) is 19.5 Å². The lowest BCUT2D eigenvalue weighted by molar-refractivity contribution is -0.131. The van der Waals surface area contributed by atoms with Gasteiger partial charge in [-0.2, -0.15) is 0 Å². The number of amides is 1. The maximum atomic E-state index is 13.1. The number of nitrogens with zero attached hydrogens (tertiary/aromatic N) is 1. The van der Waals surface area contributed by atoms with Gasteiger partial charge < -0.3 is 29.2 Å². The maximum absolute atomic E-state index is 13.1. The van der Waals surface area contributed by atoms with Crippen LogP contribution in [0.4, 0.5) is 0 Å². The Balaban J connectivity index is 1.18. The van der Waals surface area contributed by atoms with Crippen LogP contribution in [0.25, 0.3) is 6.08 Å². The highest BCUT2D eigenvalue weighted by atomic mass is 16.7. The molecule has 1 aliphatic carbocycles. The van der Waals surface area contributed by atoms with Gasteiger partial charge in [0.15, 0.2) is 23.0 Å². The van der Waals surface area contributed by atoms with Crippen LogP contribution >= 0.6 is 0 Å². The molecule has 1 fully saturated rings.